The van der Waals surface area contributed by atoms with Crippen LogP contribution in [0.15, 0.2) is 42.7 Å². The van der Waals surface area contributed by atoms with E-state index in [-0.39, 0.29) is 17.8 Å². The third-order valence-electron chi connectivity index (χ3n) is 4.32. The molecule has 1 aliphatic rings. The molecule has 0 spiro atoms. The van der Waals surface area contributed by atoms with E-state index in [4.69, 9.17) is 0 Å². The fraction of sp³-hybridized carbons (Fsp3) is 0.333. The van der Waals surface area contributed by atoms with Gasteiger partial charge in [0.2, 0.25) is 5.91 Å². The number of aromatic nitrogens is 1. The van der Waals surface area contributed by atoms with Crippen LogP contribution < -0.4 is 5.32 Å². The van der Waals surface area contributed by atoms with Crippen LogP contribution in [0.4, 0.5) is 14.9 Å². The Hall–Kier alpha value is -2.83. The second kappa shape index (κ2) is 6.96. The zero-order chi connectivity index (χ0) is 18.0. The first-order chi connectivity index (χ1) is 12.0. The van der Waals surface area contributed by atoms with Crippen molar-refractivity contribution in [3.05, 3.63) is 48.5 Å². The molecule has 25 heavy (non-hydrogen) atoms. The van der Waals surface area contributed by atoms with Gasteiger partial charge in [0.1, 0.15) is 11.9 Å². The lowest BCUT2D eigenvalue weighted by atomic mass is 10.2. The van der Waals surface area contributed by atoms with Crippen molar-refractivity contribution in [1.82, 2.24) is 14.4 Å². The van der Waals surface area contributed by atoms with Crippen LogP contribution in [-0.4, -0.2) is 53.0 Å². The van der Waals surface area contributed by atoms with E-state index in [2.05, 4.69) is 5.32 Å². The number of hydrogen-bond acceptors (Lipinski definition) is 2. The van der Waals surface area contributed by atoms with Crippen molar-refractivity contribution >= 4 is 17.6 Å². The minimum absolute atomic E-state index is 0.0835. The minimum Gasteiger partial charge on any atom is -0.347 e. The van der Waals surface area contributed by atoms with E-state index in [9.17, 15) is 14.0 Å². The molecule has 0 saturated carbocycles. The Morgan fingerprint density at radius 2 is 1.96 bits per heavy atom. The smallest absolute Gasteiger partial charge is 0.322 e. The van der Waals surface area contributed by atoms with Gasteiger partial charge in [-0.3, -0.25) is 4.79 Å². The molecule has 0 radical (unpaired) electrons. The highest BCUT2D eigenvalue weighted by Gasteiger charge is 2.35. The lowest BCUT2D eigenvalue weighted by Gasteiger charge is -2.26. The average Bonchev–Trinajstić information content (AvgIpc) is 3.27. The summed E-state index contributed by atoms with van der Waals surface area (Å²) in [6, 6.07) is 7.21. The number of hydrogen-bond donors (Lipinski definition) is 1. The number of likely N-dealkylation sites (N-methyl/N-ethyl adjacent to an activating group) is 1. The Bertz CT molecular complexity index is 773. The first-order valence-electron chi connectivity index (χ1n) is 8.19. The van der Waals surface area contributed by atoms with E-state index in [1.807, 2.05) is 0 Å². The van der Waals surface area contributed by atoms with E-state index in [1.165, 1.54) is 17.0 Å². The fourth-order valence-electron chi connectivity index (χ4n) is 3.04. The van der Waals surface area contributed by atoms with E-state index in [0.29, 0.717) is 24.3 Å². The molecule has 1 aromatic heterocycles. The summed E-state index contributed by atoms with van der Waals surface area (Å²) in [5.41, 5.74) is 0.836. The molecular weight excluding hydrogens is 323 g/mol. The van der Waals surface area contributed by atoms with Crippen LogP contribution in [0.25, 0.3) is 5.69 Å². The molecule has 3 rings (SSSR count). The number of halogens is 1. The number of urea groups is 1. The number of rotatable bonds is 3. The molecule has 1 unspecified atom stereocenters. The molecule has 1 fully saturated rings. The molecule has 7 heteroatoms. The molecule has 2 heterocycles. The molecule has 1 aliphatic heterocycles. The van der Waals surface area contributed by atoms with Gasteiger partial charge in [-0.15, -0.1) is 0 Å². The maximum atomic E-state index is 14.0. The van der Waals surface area contributed by atoms with Crippen LogP contribution in [0.1, 0.15) is 12.8 Å². The lowest BCUT2D eigenvalue weighted by Crippen LogP contribution is -2.47. The quantitative estimate of drug-likeness (QED) is 0.931. The molecule has 3 amide bonds. The summed E-state index contributed by atoms with van der Waals surface area (Å²) in [7, 11) is 3.36. The maximum Gasteiger partial charge on any atom is 0.322 e. The van der Waals surface area contributed by atoms with Crippen molar-refractivity contribution in [3.8, 4) is 5.69 Å². The van der Waals surface area contributed by atoms with Gasteiger partial charge >= 0.3 is 6.03 Å². The number of benzene rings is 1. The number of nitrogens with zero attached hydrogens (tertiary/aromatic N) is 3. The highest BCUT2D eigenvalue weighted by Crippen LogP contribution is 2.22. The van der Waals surface area contributed by atoms with Crippen LogP contribution in [0.5, 0.6) is 0 Å². The van der Waals surface area contributed by atoms with Gasteiger partial charge < -0.3 is 19.7 Å². The Kier molecular flexibility index (Phi) is 4.74. The Morgan fingerprint density at radius 1 is 1.24 bits per heavy atom. The van der Waals surface area contributed by atoms with Gasteiger partial charge in [-0.2, -0.15) is 0 Å². The molecule has 1 saturated heterocycles. The number of nitrogens with one attached hydrogen (secondary N) is 1. The maximum absolute atomic E-state index is 14.0. The zero-order valence-corrected chi connectivity index (χ0v) is 14.3. The van der Waals surface area contributed by atoms with Crippen molar-refractivity contribution in [2.75, 3.05) is 26.0 Å². The fourth-order valence-corrected chi connectivity index (χ4v) is 3.04. The van der Waals surface area contributed by atoms with E-state index >= 15 is 0 Å². The summed E-state index contributed by atoms with van der Waals surface area (Å²) < 4.78 is 15.7. The van der Waals surface area contributed by atoms with E-state index in [1.54, 1.807) is 54.2 Å². The monoisotopic (exact) mass is 344 g/mol. The zero-order valence-electron chi connectivity index (χ0n) is 14.3. The first-order valence-corrected chi connectivity index (χ1v) is 8.19. The lowest BCUT2D eigenvalue weighted by molar-refractivity contribution is -0.132. The summed E-state index contributed by atoms with van der Waals surface area (Å²) >= 11 is 0. The molecule has 132 valence electrons. The molecule has 1 N–H and O–H groups in total. The number of anilines is 1. The number of carbonyl (C=O) groups is 2. The van der Waals surface area contributed by atoms with Crippen LogP contribution in [0, 0.1) is 5.82 Å². The predicted molar refractivity (Wildman–Crippen MR) is 93.2 cm³/mol. The van der Waals surface area contributed by atoms with Crippen LogP contribution >= 0.6 is 0 Å². The summed E-state index contributed by atoms with van der Waals surface area (Å²) in [5.74, 6) is -0.462. The van der Waals surface area contributed by atoms with Gasteiger partial charge in [0.15, 0.2) is 0 Å². The SMILES string of the molecule is CN(C)C(=O)C1CCCN1C(=O)Nc1ccc(F)c(-n2cccc2)c1. The second-order valence-corrected chi connectivity index (χ2v) is 6.27. The van der Waals surface area contributed by atoms with Crippen molar-refractivity contribution in [2.45, 2.75) is 18.9 Å². The number of amides is 3. The van der Waals surface area contributed by atoms with Gasteiger partial charge in [-0.1, -0.05) is 0 Å². The highest BCUT2D eigenvalue weighted by atomic mass is 19.1. The molecule has 6 nitrogen and oxygen atoms in total. The first kappa shape index (κ1) is 17.0. The van der Waals surface area contributed by atoms with Gasteiger partial charge in [0.05, 0.1) is 5.69 Å². The Balaban J connectivity index is 1.77. The number of likely N-dealkylation sites (tertiary alicyclic amines) is 1. The topological polar surface area (TPSA) is 57.6 Å². The highest BCUT2D eigenvalue weighted by molar-refractivity contribution is 5.94. The molecule has 0 bridgehead atoms. The van der Waals surface area contributed by atoms with Crippen LogP contribution in [-0.2, 0) is 4.79 Å². The van der Waals surface area contributed by atoms with Crippen LogP contribution in [0.2, 0.25) is 0 Å². The average molecular weight is 344 g/mol. The van der Waals surface area contributed by atoms with E-state index in [0.717, 1.165) is 6.42 Å². The molecule has 2 aromatic rings. The van der Waals surface area contributed by atoms with Gasteiger partial charge in [0, 0.05) is 38.7 Å². The second-order valence-electron chi connectivity index (χ2n) is 6.27. The van der Waals surface area contributed by atoms with Crippen molar-refractivity contribution in [3.63, 3.8) is 0 Å². The number of carbonyl (C=O) groups excluding carboxylic acids is 2. The molecule has 0 aliphatic carbocycles. The van der Waals surface area contributed by atoms with Crippen molar-refractivity contribution in [2.24, 2.45) is 0 Å². The predicted octanol–water partition coefficient (Wildman–Crippen LogP) is 2.70. The summed E-state index contributed by atoms with van der Waals surface area (Å²) in [5, 5.41) is 2.77. The molecule has 1 aromatic carbocycles. The largest absolute Gasteiger partial charge is 0.347 e. The Morgan fingerprint density at radius 3 is 2.64 bits per heavy atom. The molecule has 1 atom stereocenters. The molecular formula is C18H21FN4O2. The normalized spacial score (nSPS) is 16.8. The summed E-state index contributed by atoms with van der Waals surface area (Å²) in [6.07, 6.45) is 4.91. The summed E-state index contributed by atoms with van der Waals surface area (Å²) in [4.78, 5) is 27.8. The summed E-state index contributed by atoms with van der Waals surface area (Å²) in [6.45, 7) is 0.529. The van der Waals surface area contributed by atoms with Gasteiger partial charge in [-0.05, 0) is 43.2 Å². The van der Waals surface area contributed by atoms with Gasteiger partial charge in [-0.25, -0.2) is 9.18 Å². The van der Waals surface area contributed by atoms with Crippen molar-refractivity contribution in [1.29, 1.82) is 0 Å². The Labute approximate surface area is 145 Å². The standard InChI is InChI=1S/C18H21FN4O2/c1-21(2)17(24)15-6-5-11-23(15)18(25)20-13-7-8-14(19)16(12-13)22-9-3-4-10-22/h3-4,7-10,12,15H,5-6,11H2,1-2H3,(H,20,25). The van der Waals surface area contributed by atoms with Crippen molar-refractivity contribution < 1.29 is 14.0 Å². The van der Waals surface area contributed by atoms with Crippen LogP contribution in [0.3, 0.4) is 0 Å². The van der Waals surface area contributed by atoms with E-state index < -0.39 is 6.04 Å². The minimum atomic E-state index is -0.445. The third-order valence-corrected chi connectivity index (χ3v) is 4.32. The van der Waals surface area contributed by atoms with Gasteiger partial charge in [0.25, 0.3) is 0 Å². The third kappa shape index (κ3) is 3.50.